The fourth-order valence-electron chi connectivity index (χ4n) is 2.42. The van der Waals surface area contributed by atoms with Crippen LogP contribution in [0.1, 0.15) is 16.7 Å². The Morgan fingerprint density at radius 3 is 2.76 bits per heavy atom. The maximum absolute atomic E-state index is 13.4. The second-order valence-corrected chi connectivity index (χ2v) is 4.95. The van der Waals surface area contributed by atoms with Gasteiger partial charge in [-0.3, -0.25) is 4.79 Å². The first-order chi connectivity index (χ1) is 10.1. The van der Waals surface area contributed by atoms with Crippen LogP contribution in [0.15, 0.2) is 36.4 Å². The van der Waals surface area contributed by atoms with E-state index in [1.807, 2.05) is 25.1 Å². The molecule has 0 bridgehead atoms. The minimum absolute atomic E-state index is 0.193. The number of anilines is 1. The second kappa shape index (κ2) is 5.05. The molecule has 0 atom stereocenters. The first-order valence-corrected chi connectivity index (χ1v) is 6.56. The molecule has 0 saturated carbocycles. The van der Waals surface area contributed by atoms with Crippen LogP contribution in [0.3, 0.4) is 0 Å². The van der Waals surface area contributed by atoms with Crippen molar-refractivity contribution in [3.05, 3.63) is 58.9 Å². The van der Waals surface area contributed by atoms with Gasteiger partial charge in [0.05, 0.1) is 7.11 Å². The van der Waals surface area contributed by atoms with E-state index in [0.717, 1.165) is 16.8 Å². The largest absolute Gasteiger partial charge is 0.496 e. The Labute approximate surface area is 122 Å². The van der Waals surface area contributed by atoms with E-state index >= 15 is 0 Å². The van der Waals surface area contributed by atoms with E-state index in [1.54, 1.807) is 12.1 Å². The minimum Gasteiger partial charge on any atom is -0.496 e. The Hall–Kier alpha value is -2.62. The average molecular weight is 283 g/mol. The summed E-state index contributed by atoms with van der Waals surface area (Å²) in [6, 6.07) is 9.97. The third-order valence-electron chi connectivity index (χ3n) is 3.45. The maximum atomic E-state index is 13.4. The number of aryl methyl sites for hydroxylation is 1. The highest BCUT2D eigenvalue weighted by molar-refractivity contribution is 6.35. The third kappa shape index (κ3) is 2.40. The van der Waals surface area contributed by atoms with E-state index in [0.29, 0.717) is 16.9 Å². The lowest BCUT2D eigenvalue weighted by molar-refractivity contribution is -0.110. The Balaban J connectivity index is 2.15. The first kappa shape index (κ1) is 13.4. The second-order valence-electron chi connectivity index (χ2n) is 4.95. The predicted octanol–water partition coefficient (Wildman–Crippen LogP) is 3.64. The number of carbonyl (C=O) groups is 1. The number of methoxy groups -OCH3 is 1. The molecular formula is C17H14FNO2. The summed E-state index contributed by atoms with van der Waals surface area (Å²) in [5, 5.41) is 2.81. The Bertz CT molecular complexity index is 765. The summed E-state index contributed by atoms with van der Waals surface area (Å²) in [4.78, 5) is 12.1. The Morgan fingerprint density at radius 1 is 1.19 bits per heavy atom. The normalized spacial score (nSPS) is 15.0. The predicted molar refractivity (Wildman–Crippen MR) is 80.6 cm³/mol. The number of amides is 1. The van der Waals surface area contributed by atoms with Gasteiger partial charge in [-0.15, -0.1) is 0 Å². The zero-order chi connectivity index (χ0) is 15.0. The number of rotatable bonds is 2. The Morgan fingerprint density at radius 2 is 2.00 bits per heavy atom. The summed E-state index contributed by atoms with van der Waals surface area (Å²) in [7, 11) is 1.52. The number of carbonyl (C=O) groups excluding carboxylic acids is 1. The molecule has 0 unspecified atom stereocenters. The van der Waals surface area contributed by atoms with Crippen molar-refractivity contribution in [3.8, 4) is 5.75 Å². The van der Waals surface area contributed by atoms with E-state index in [9.17, 15) is 9.18 Å². The van der Waals surface area contributed by atoms with Gasteiger partial charge in [-0.1, -0.05) is 11.6 Å². The number of hydrogen-bond acceptors (Lipinski definition) is 2. The van der Waals surface area contributed by atoms with Gasteiger partial charge >= 0.3 is 0 Å². The molecule has 1 amide bonds. The molecule has 1 N–H and O–H groups in total. The molecule has 0 fully saturated rings. The molecule has 3 rings (SSSR count). The lowest BCUT2D eigenvalue weighted by atomic mass is 10.0. The van der Waals surface area contributed by atoms with E-state index < -0.39 is 0 Å². The van der Waals surface area contributed by atoms with Crippen molar-refractivity contribution in [2.24, 2.45) is 0 Å². The molecule has 4 heteroatoms. The number of benzene rings is 2. The molecule has 0 saturated heterocycles. The van der Waals surface area contributed by atoms with Gasteiger partial charge in [0.15, 0.2) is 0 Å². The number of nitrogens with one attached hydrogen (secondary N) is 1. The van der Waals surface area contributed by atoms with E-state index in [1.165, 1.54) is 19.2 Å². The van der Waals surface area contributed by atoms with Crippen LogP contribution >= 0.6 is 0 Å². The number of hydrogen-bond donors (Lipinski definition) is 1. The van der Waals surface area contributed by atoms with Gasteiger partial charge in [0.25, 0.3) is 5.91 Å². The number of halogens is 1. The van der Waals surface area contributed by atoms with Crippen molar-refractivity contribution in [2.45, 2.75) is 6.92 Å². The summed E-state index contributed by atoms with van der Waals surface area (Å²) in [5.74, 6) is -0.0368. The van der Waals surface area contributed by atoms with Crippen molar-refractivity contribution < 1.29 is 13.9 Å². The summed E-state index contributed by atoms with van der Waals surface area (Å²) in [5.41, 5.74) is 3.70. The monoisotopic (exact) mass is 283 g/mol. The fraction of sp³-hybridized carbons (Fsp3) is 0.118. The first-order valence-electron chi connectivity index (χ1n) is 6.56. The SMILES string of the molecule is COc1ccc(F)cc1/C=C1/C(=O)Nc2ccc(C)cc21. The third-order valence-corrected chi connectivity index (χ3v) is 3.45. The molecule has 2 aromatic carbocycles. The highest BCUT2D eigenvalue weighted by Gasteiger charge is 2.24. The standard InChI is InChI=1S/C17H14FNO2/c1-10-3-5-15-13(7-10)14(17(20)19-15)9-11-8-12(18)4-6-16(11)21-2/h3-9H,1-2H3,(H,19,20)/b14-9+. The van der Waals surface area contributed by atoms with Crippen LogP contribution in [0.2, 0.25) is 0 Å². The summed E-state index contributed by atoms with van der Waals surface area (Å²) >= 11 is 0. The van der Waals surface area contributed by atoms with Gasteiger partial charge < -0.3 is 10.1 Å². The lowest BCUT2D eigenvalue weighted by Crippen LogP contribution is -2.03. The molecule has 0 aromatic heterocycles. The number of ether oxygens (including phenoxy) is 1. The van der Waals surface area contributed by atoms with Gasteiger partial charge in [0, 0.05) is 22.4 Å². The molecule has 3 nitrogen and oxygen atoms in total. The van der Waals surface area contributed by atoms with Crippen LogP contribution in [-0.2, 0) is 4.79 Å². The van der Waals surface area contributed by atoms with Crippen LogP contribution in [0.5, 0.6) is 5.75 Å². The molecular weight excluding hydrogens is 269 g/mol. The minimum atomic E-state index is -0.370. The summed E-state index contributed by atoms with van der Waals surface area (Å²) in [6.07, 6.45) is 1.66. The van der Waals surface area contributed by atoms with Crippen LogP contribution in [-0.4, -0.2) is 13.0 Å². The van der Waals surface area contributed by atoms with Gasteiger partial charge in [-0.05, 0) is 43.3 Å². The van der Waals surface area contributed by atoms with Crippen molar-refractivity contribution in [1.82, 2.24) is 0 Å². The smallest absolute Gasteiger partial charge is 0.256 e. The molecule has 0 radical (unpaired) electrons. The van der Waals surface area contributed by atoms with Gasteiger partial charge in [-0.25, -0.2) is 4.39 Å². The highest BCUT2D eigenvalue weighted by Crippen LogP contribution is 2.35. The zero-order valence-electron chi connectivity index (χ0n) is 11.7. The van der Waals surface area contributed by atoms with Crippen LogP contribution in [0.25, 0.3) is 11.6 Å². The molecule has 1 aliphatic rings. The van der Waals surface area contributed by atoms with Crippen molar-refractivity contribution in [1.29, 1.82) is 0 Å². The van der Waals surface area contributed by atoms with E-state index in [4.69, 9.17) is 4.74 Å². The number of fused-ring (bicyclic) bond motifs is 1. The van der Waals surface area contributed by atoms with Crippen molar-refractivity contribution in [2.75, 3.05) is 12.4 Å². The molecule has 1 heterocycles. The van der Waals surface area contributed by atoms with Gasteiger partial charge in [-0.2, -0.15) is 0 Å². The van der Waals surface area contributed by atoms with Gasteiger partial charge in [0.1, 0.15) is 11.6 Å². The topological polar surface area (TPSA) is 38.3 Å². The molecule has 1 aliphatic heterocycles. The van der Waals surface area contributed by atoms with Crippen molar-refractivity contribution in [3.63, 3.8) is 0 Å². The summed E-state index contributed by atoms with van der Waals surface area (Å²) < 4.78 is 18.6. The molecule has 2 aromatic rings. The Kier molecular flexibility index (Phi) is 3.22. The average Bonchev–Trinajstić information content (AvgIpc) is 2.75. The van der Waals surface area contributed by atoms with Gasteiger partial charge in [0.2, 0.25) is 0 Å². The zero-order valence-corrected chi connectivity index (χ0v) is 11.7. The lowest BCUT2D eigenvalue weighted by Gasteiger charge is -2.06. The molecule has 106 valence electrons. The maximum Gasteiger partial charge on any atom is 0.256 e. The quantitative estimate of drug-likeness (QED) is 0.855. The van der Waals surface area contributed by atoms with E-state index in [-0.39, 0.29) is 11.7 Å². The van der Waals surface area contributed by atoms with Crippen LogP contribution < -0.4 is 10.1 Å². The van der Waals surface area contributed by atoms with Crippen LogP contribution in [0.4, 0.5) is 10.1 Å². The molecule has 21 heavy (non-hydrogen) atoms. The highest BCUT2D eigenvalue weighted by atomic mass is 19.1. The van der Waals surface area contributed by atoms with E-state index in [2.05, 4.69) is 5.32 Å². The van der Waals surface area contributed by atoms with Crippen LogP contribution in [0, 0.1) is 12.7 Å². The summed E-state index contributed by atoms with van der Waals surface area (Å²) in [6.45, 7) is 1.96. The molecule has 0 spiro atoms. The fourth-order valence-corrected chi connectivity index (χ4v) is 2.42. The molecule has 0 aliphatic carbocycles. The van der Waals surface area contributed by atoms with Crippen molar-refractivity contribution >= 4 is 23.2 Å².